The summed E-state index contributed by atoms with van der Waals surface area (Å²) in [5.74, 6) is -3.07. The first-order valence-corrected chi connectivity index (χ1v) is 5.50. The molecule has 2 unspecified atom stereocenters. The van der Waals surface area contributed by atoms with Gasteiger partial charge in [-0.25, -0.2) is 0 Å². The maximum Gasteiger partial charge on any atom is 0.393 e. The molecule has 0 aromatic carbocycles. The molecule has 1 saturated heterocycles. The number of halogens is 3. The number of hydrogen-bond donors (Lipinski definition) is 1. The molecule has 1 aliphatic rings. The smallest absolute Gasteiger partial charge is 0.352 e. The van der Waals surface area contributed by atoms with E-state index in [1.54, 1.807) is 26.1 Å². The molecular formula is C11H17F3N2O. The molecule has 1 heterocycles. The highest BCUT2D eigenvalue weighted by atomic mass is 19.4. The minimum atomic E-state index is -4.31. The van der Waals surface area contributed by atoms with Gasteiger partial charge in [-0.3, -0.25) is 4.79 Å². The molecule has 0 aliphatic carbocycles. The molecule has 3 nitrogen and oxygen atoms in total. The molecule has 6 heteroatoms. The van der Waals surface area contributed by atoms with E-state index < -0.39 is 23.9 Å². The van der Waals surface area contributed by atoms with E-state index in [-0.39, 0.29) is 19.6 Å². The van der Waals surface area contributed by atoms with Crippen LogP contribution in [0.3, 0.4) is 0 Å². The fraction of sp³-hybridized carbons (Fsp3) is 0.727. The Hall–Kier alpha value is -1.04. The molecule has 0 aromatic rings. The highest BCUT2D eigenvalue weighted by molar-refractivity contribution is 5.79. The van der Waals surface area contributed by atoms with Crippen LogP contribution in [-0.2, 0) is 4.79 Å². The summed E-state index contributed by atoms with van der Waals surface area (Å²) in [5, 5.41) is 2.50. The van der Waals surface area contributed by atoms with Gasteiger partial charge in [-0.05, 0) is 14.0 Å². The van der Waals surface area contributed by atoms with E-state index in [4.69, 9.17) is 0 Å². The van der Waals surface area contributed by atoms with Crippen LogP contribution in [0.5, 0.6) is 0 Å². The van der Waals surface area contributed by atoms with Crippen LogP contribution in [-0.4, -0.2) is 43.7 Å². The summed E-state index contributed by atoms with van der Waals surface area (Å²) >= 11 is 0. The van der Waals surface area contributed by atoms with Gasteiger partial charge in [0.15, 0.2) is 0 Å². The number of carbonyl (C=O) groups is 1. The summed E-state index contributed by atoms with van der Waals surface area (Å²) < 4.78 is 38.1. The van der Waals surface area contributed by atoms with Crippen molar-refractivity contribution < 1.29 is 18.0 Å². The zero-order valence-corrected chi connectivity index (χ0v) is 9.92. The molecule has 1 aliphatic heterocycles. The van der Waals surface area contributed by atoms with Crippen molar-refractivity contribution in [2.75, 3.05) is 26.7 Å². The first-order chi connectivity index (χ1) is 7.86. The lowest BCUT2D eigenvalue weighted by molar-refractivity contribution is -0.183. The van der Waals surface area contributed by atoms with Crippen molar-refractivity contribution in [3.05, 3.63) is 12.2 Å². The molecule has 1 N–H and O–H groups in total. The molecule has 0 spiro atoms. The Morgan fingerprint density at radius 2 is 2.12 bits per heavy atom. The van der Waals surface area contributed by atoms with Crippen LogP contribution in [0.4, 0.5) is 13.2 Å². The van der Waals surface area contributed by atoms with Crippen LogP contribution >= 0.6 is 0 Å². The number of nitrogens with one attached hydrogen (secondary N) is 1. The summed E-state index contributed by atoms with van der Waals surface area (Å²) in [6.45, 7) is 2.12. The predicted octanol–water partition coefficient (Wildman–Crippen LogP) is 1.42. The summed E-state index contributed by atoms with van der Waals surface area (Å²) in [7, 11) is 1.60. The number of allylic oxidation sites excluding steroid dienone is 1. The van der Waals surface area contributed by atoms with Crippen LogP contribution in [0.1, 0.15) is 6.92 Å². The second-order valence-electron chi connectivity index (χ2n) is 4.29. The number of alkyl halides is 3. The highest BCUT2D eigenvalue weighted by Crippen LogP contribution is 2.36. The lowest BCUT2D eigenvalue weighted by Crippen LogP contribution is -2.40. The first kappa shape index (κ1) is 14.0. The van der Waals surface area contributed by atoms with E-state index in [1.165, 1.54) is 4.90 Å². The number of rotatable bonds is 3. The molecule has 1 amide bonds. The largest absolute Gasteiger partial charge is 0.393 e. The van der Waals surface area contributed by atoms with Crippen molar-refractivity contribution in [2.45, 2.75) is 13.1 Å². The molecule has 0 aromatic heterocycles. The third-order valence-corrected chi connectivity index (χ3v) is 2.89. The quantitative estimate of drug-likeness (QED) is 0.768. The first-order valence-electron chi connectivity index (χ1n) is 5.50. The number of likely N-dealkylation sites (tertiary alicyclic amines) is 1. The second kappa shape index (κ2) is 5.53. The van der Waals surface area contributed by atoms with Crippen molar-refractivity contribution in [1.29, 1.82) is 0 Å². The average molecular weight is 250 g/mol. The van der Waals surface area contributed by atoms with Crippen LogP contribution in [0.15, 0.2) is 12.2 Å². The van der Waals surface area contributed by atoms with Gasteiger partial charge in [0.2, 0.25) is 5.91 Å². The third-order valence-electron chi connectivity index (χ3n) is 2.89. The molecule has 1 rings (SSSR count). The Morgan fingerprint density at radius 3 is 2.65 bits per heavy atom. The molecule has 1 fully saturated rings. The van der Waals surface area contributed by atoms with E-state index >= 15 is 0 Å². The summed E-state index contributed by atoms with van der Waals surface area (Å²) in [6.07, 6.45) is -0.880. The molecule has 0 saturated carbocycles. The number of carbonyl (C=O) groups excluding carboxylic acids is 1. The number of hydrogen-bond acceptors (Lipinski definition) is 2. The minimum absolute atomic E-state index is 0.106. The molecular weight excluding hydrogens is 233 g/mol. The van der Waals surface area contributed by atoms with Gasteiger partial charge in [-0.15, -0.1) is 0 Å². The van der Waals surface area contributed by atoms with Crippen molar-refractivity contribution in [3.63, 3.8) is 0 Å². The van der Waals surface area contributed by atoms with Gasteiger partial charge in [0.25, 0.3) is 0 Å². The topological polar surface area (TPSA) is 32.3 Å². The zero-order valence-electron chi connectivity index (χ0n) is 9.92. The van der Waals surface area contributed by atoms with E-state index in [2.05, 4.69) is 5.32 Å². The maximum absolute atomic E-state index is 12.7. The van der Waals surface area contributed by atoms with Gasteiger partial charge in [-0.2, -0.15) is 13.2 Å². The fourth-order valence-corrected chi connectivity index (χ4v) is 2.01. The van der Waals surface area contributed by atoms with E-state index in [9.17, 15) is 18.0 Å². The Morgan fingerprint density at radius 1 is 1.47 bits per heavy atom. The Bertz CT molecular complexity index is 302. The number of nitrogens with zero attached hydrogens (tertiary/aromatic N) is 1. The third kappa shape index (κ3) is 3.73. The normalized spacial score (nSPS) is 26.6. The number of amides is 1. The highest BCUT2D eigenvalue weighted by Gasteiger charge is 2.51. The van der Waals surface area contributed by atoms with Crippen LogP contribution in [0.2, 0.25) is 0 Å². The predicted molar refractivity (Wildman–Crippen MR) is 58.4 cm³/mol. The Balaban J connectivity index is 2.64. The van der Waals surface area contributed by atoms with Gasteiger partial charge < -0.3 is 10.2 Å². The Labute approximate surface area is 98.7 Å². The summed E-state index contributed by atoms with van der Waals surface area (Å²) in [6, 6.07) is 0. The molecule has 2 atom stereocenters. The SMILES string of the molecule is C/C=C/CNC(=O)C1CN(C)CC1C(F)(F)F. The lowest BCUT2D eigenvalue weighted by atomic mass is 9.94. The molecule has 0 radical (unpaired) electrons. The summed E-state index contributed by atoms with van der Waals surface area (Å²) in [4.78, 5) is 13.2. The monoisotopic (exact) mass is 250 g/mol. The van der Waals surface area contributed by atoms with Gasteiger partial charge in [-0.1, -0.05) is 12.2 Å². The Kier molecular flexibility index (Phi) is 4.56. The van der Waals surface area contributed by atoms with Crippen LogP contribution in [0, 0.1) is 11.8 Å². The summed E-state index contributed by atoms with van der Waals surface area (Å²) in [5.41, 5.74) is 0. The van der Waals surface area contributed by atoms with Gasteiger partial charge in [0.1, 0.15) is 0 Å². The molecule has 98 valence electrons. The van der Waals surface area contributed by atoms with Crippen molar-refractivity contribution in [3.8, 4) is 0 Å². The van der Waals surface area contributed by atoms with Gasteiger partial charge in [0, 0.05) is 19.6 Å². The fourth-order valence-electron chi connectivity index (χ4n) is 2.01. The lowest BCUT2D eigenvalue weighted by Gasteiger charge is -2.20. The molecule has 17 heavy (non-hydrogen) atoms. The van der Waals surface area contributed by atoms with E-state index in [0.717, 1.165) is 0 Å². The minimum Gasteiger partial charge on any atom is -0.352 e. The van der Waals surface area contributed by atoms with Crippen molar-refractivity contribution in [2.24, 2.45) is 11.8 Å². The van der Waals surface area contributed by atoms with Crippen molar-refractivity contribution in [1.82, 2.24) is 10.2 Å². The van der Waals surface area contributed by atoms with E-state index in [0.29, 0.717) is 0 Å². The zero-order chi connectivity index (χ0) is 13.1. The van der Waals surface area contributed by atoms with Crippen LogP contribution in [0.25, 0.3) is 0 Å². The standard InChI is InChI=1S/C11H17F3N2O/c1-3-4-5-15-10(17)8-6-16(2)7-9(8)11(12,13)14/h3-4,8-9H,5-7H2,1-2H3,(H,15,17)/b4-3+. The van der Waals surface area contributed by atoms with Crippen molar-refractivity contribution >= 4 is 5.91 Å². The van der Waals surface area contributed by atoms with Gasteiger partial charge >= 0.3 is 6.18 Å². The van der Waals surface area contributed by atoms with Crippen LogP contribution < -0.4 is 5.32 Å². The van der Waals surface area contributed by atoms with E-state index in [1.807, 2.05) is 0 Å². The maximum atomic E-state index is 12.7. The average Bonchev–Trinajstić information content (AvgIpc) is 2.60. The molecule has 0 bridgehead atoms. The van der Waals surface area contributed by atoms with Gasteiger partial charge in [0.05, 0.1) is 11.8 Å². The second-order valence-corrected chi connectivity index (χ2v) is 4.29.